The number of nitrogens with zero attached hydrogens (tertiary/aromatic N) is 1. The van der Waals surface area contributed by atoms with Gasteiger partial charge in [-0.25, -0.2) is 4.98 Å². The smallest absolute Gasteiger partial charge is 0.182 e. The van der Waals surface area contributed by atoms with Crippen LogP contribution in [0.3, 0.4) is 0 Å². The van der Waals surface area contributed by atoms with E-state index in [-0.39, 0.29) is 0 Å². The van der Waals surface area contributed by atoms with E-state index in [2.05, 4.69) is 24.1 Å². The van der Waals surface area contributed by atoms with Gasteiger partial charge in [-0.3, -0.25) is 0 Å². The number of thiazole rings is 1. The molecular weight excluding hydrogens is 196 g/mol. The maximum Gasteiger partial charge on any atom is 0.182 e. The van der Waals surface area contributed by atoms with Crippen molar-refractivity contribution in [3.63, 3.8) is 0 Å². The molecule has 1 atom stereocenters. The Labute approximate surface area is 88.5 Å². The zero-order valence-corrected chi connectivity index (χ0v) is 9.49. The lowest BCUT2D eigenvalue weighted by Gasteiger charge is -2.21. The minimum Gasteiger partial charge on any atom is -0.381 e. The van der Waals surface area contributed by atoms with Gasteiger partial charge in [-0.15, -0.1) is 11.3 Å². The second-order valence-electron chi connectivity index (χ2n) is 4.24. The van der Waals surface area contributed by atoms with Crippen LogP contribution in [0.5, 0.6) is 0 Å². The van der Waals surface area contributed by atoms with E-state index in [1.807, 2.05) is 6.20 Å². The monoisotopic (exact) mass is 212 g/mol. The average Bonchev–Trinajstić information content (AvgIpc) is 2.73. The van der Waals surface area contributed by atoms with E-state index in [9.17, 15) is 0 Å². The molecule has 2 rings (SSSR count). The first-order chi connectivity index (χ1) is 6.68. The summed E-state index contributed by atoms with van der Waals surface area (Å²) in [5.74, 6) is 0. The fourth-order valence-corrected chi connectivity index (χ4v) is 2.23. The van der Waals surface area contributed by atoms with Crippen molar-refractivity contribution in [3.05, 3.63) is 11.1 Å². The van der Waals surface area contributed by atoms with Crippen LogP contribution in [0.4, 0.5) is 5.13 Å². The van der Waals surface area contributed by atoms with E-state index in [0.717, 1.165) is 31.3 Å². The van der Waals surface area contributed by atoms with Crippen molar-refractivity contribution >= 4 is 16.5 Å². The molecule has 78 valence electrons. The fourth-order valence-electron chi connectivity index (χ4n) is 1.57. The molecule has 0 radical (unpaired) electrons. The molecule has 1 N–H and O–H groups in total. The van der Waals surface area contributed by atoms with Gasteiger partial charge in [0.15, 0.2) is 5.13 Å². The van der Waals surface area contributed by atoms with E-state index in [4.69, 9.17) is 4.74 Å². The van der Waals surface area contributed by atoms with Gasteiger partial charge in [-0.2, -0.15) is 0 Å². The maximum absolute atomic E-state index is 5.40. The predicted octanol–water partition coefficient (Wildman–Crippen LogP) is 2.29. The second kappa shape index (κ2) is 3.87. The third-order valence-electron chi connectivity index (χ3n) is 2.59. The van der Waals surface area contributed by atoms with Gasteiger partial charge < -0.3 is 10.1 Å². The van der Waals surface area contributed by atoms with Gasteiger partial charge in [0, 0.05) is 29.6 Å². The number of hydrogen-bond acceptors (Lipinski definition) is 4. The Morgan fingerprint density at radius 1 is 1.71 bits per heavy atom. The fraction of sp³-hybridized carbons (Fsp3) is 0.700. The van der Waals surface area contributed by atoms with E-state index in [0.29, 0.717) is 5.41 Å². The van der Waals surface area contributed by atoms with Gasteiger partial charge >= 0.3 is 0 Å². The van der Waals surface area contributed by atoms with Crippen molar-refractivity contribution in [1.82, 2.24) is 4.98 Å². The van der Waals surface area contributed by atoms with Gasteiger partial charge in [-0.05, 0) is 13.3 Å². The summed E-state index contributed by atoms with van der Waals surface area (Å²) in [4.78, 5) is 5.52. The van der Waals surface area contributed by atoms with Crippen LogP contribution in [0.1, 0.15) is 18.2 Å². The minimum atomic E-state index is 0.291. The normalized spacial score (nSPS) is 26.7. The molecule has 1 unspecified atom stereocenters. The number of hydrogen-bond donors (Lipinski definition) is 1. The maximum atomic E-state index is 5.40. The van der Waals surface area contributed by atoms with Crippen molar-refractivity contribution in [1.29, 1.82) is 0 Å². The molecule has 1 aliphatic heterocycles. The molecular formula is C10H16N2OS. The van der Waals surface area contributed by atoms with Crippen molar-refractivity contribution in [3.8, 4) is 0 Å². The second-order valence-corrected chi connectivity index (χ2v) is 5.48. The third kappa shape index (κ3) is 2.25. The summed E-state index contributed by atoms with van der Waals surface area (Å²) in [6.45, 7) is 7.05. The van der Waals surface area contributed by atoms with Crippen LogP contribution in [0.2, 0.25) is 0 Å². The Kier molecular flexibility index (Phi) is 2.74. The molecule has 0 aliphatic carbocycles. The molecule has 1 aromatic rings. The van der Waals surface area contributed by atoms with Gasteiger partial charge in [0.25, 0.3) is 0 Å². The molecule has 0 amide bonds. The standard InChI is InChI=1S/C10H16N2OS/c1-8-5-11-9(14-8)12-6-10(2)3-4-13-7-10/h5H,3-4,6-7H2,1-2H3,(H,11,12). The zero-order valence-electron chi connectivity index (χ0n) is 8.67. The highest BCUT2D eigenvalue weighted by atomic mass is 32.1. The van der Waals surface area contributed by atoms with Gasteiger partial charge in [0.1, 0.15) is 0 Å². The lowest BCUT2D eigenvalue weighted by molar-refractivity contribution is 0.164. The third-order valence-corrected chi connectivity index (χ3v) is 3.46. The molecule has 1 aliphatic rings. The molecule has 0 bridgehead atoms. The predicted molar refractivity (Wildman–Crippen MR) is 58.9 cm³/mol. The topological polar surface area (TPSA) is 34.2 Å². The Bertz CT molecular complexity index is 305. The van der Waals surface area contributed by atoms with Crippen LogP contribution in [0, 0.1) is 12.3 Å². The SMILES string of the molecule is Cc1cnc(NCC2(C)CCOC2)s1. The Morgan fingerprint density at radius 2 is 2.57 bits per heavy atom. The largest absolute Gasteiger partial charge is 0.381 e. The number of aromatic nitrogens is 1. The van der Waals surface area contributed by atoms with Gasteiger partial charge in [-0.1, -0.05) is 6.92 Å². The van der Waals surface area contributed by atoms with Crippen LogP contribution in [-0.4, -0.2) is 24.7 Å². The first kappa shape index (κ1) is 9.93. The highest BCUT2D eigenvalue weighted by Gasteiger charge is 2.29. The van der Waals surface area contributed by atoms with Crippen molar-refractivity contribution in [2.24, 2.45) is 5.41 Å². The van der Waals surface area contributed by atoms with E-state index < -0.39 is 0 Å². The molecule has 0 saturated carbocycles. The van der Waals surface area contributed by atoms with E-state index in [1.165, 1.54) is 4.88 Å². The van der Waals surface area contributed by atoms with Crippen molar-refractivity contribution in [2.45, 2.75) is 20.3 Å². The van der Waals surface area contributed by atoms with E-state index in [1.54, 1.807) is 11.3 Å². The Balaban J connectivity index is 1.87. The molecule has 2 heterocycles. The highest BCUT2D eigenvalue weighted by molar-refractivity contribution is 7.15. The first-order valence-corrected chi connectivity index (χ1v) is 5.74. The molecule has 4 heteroatoms. The molecule has 3 nitrogen and oxygen atoms in total. The number of ether oxygens (including phenoxy) is 1. The van der Waals surface area contributed by atoms with Crippen LogP contribution in [-0.2, 0) is 4.74 Å². The van der Waals surface area contributed by atoms with Crippen molar-refractivity contribution < 1.29 is 4.74 Å². The first-order valence-electron chi connectivity index (χ1n) is 4.92. The van der Waals surface area contributed by atoms with Crippen LogP contribution < -0.4 is 5.32 Å². The average molecular weight is 212 g/mol. The minimum absolute atomic E-state index is 0.291. The molecule has 1 saturated heterocycles. The lowest BCUT2D eigenvalue weighted by Crippen LogP contribution is -2.26. The number of anilines is 1. The summed E-state index contributed by atoms with van der Waals surface area (Å²) in [5.41, 5.74) is 0.291. The van der Waals surface area contributed by atoms with Crippen LogP contribution in [0.25, 0.3) is 0 Å². The molecule has 1 aromatic heterocycles. The summed E-state index contributed by atoms with van der Waals surface area (Å²) in [5, 5.41) is 4.40. The number of nitrogens with one attached hydrogen (secondary N) is 1. The summed E-state index contributed by atoms with van der Waals surface area (Å²) in [6.07, 6.45) is 3.05. The van der Waals surface area contributed by atoms with Crippen molar-refractivity contribution in [2.75, 3.05) is 25.1 Å². The molecule has 0 spiro atoms. The molecule has 14 heavy (non-hydrogen) atoms. The molecule has 0 aromatic carbocycles. The number of rotatable bonds is 3. The van der Waals surface area contributed by atoms with E-state index >= 15 is 0 Å². The summed E-state index contributed by atoms with van der Waals surface area (Å²) < 4.78 is 5.40. The van der Waals surface area contributed by atoms with Gasteiger partial charge in [0.05, 0.1) is 6.61 Å². The highest BCUT2D eigenvalue weighted by Crippen LogP contribution is 2.28. The Hall–Kier alpha value is -0.610. The van der Waals surface area contributed by atoms with Crippen LogP contribution >= 0.6 is 11.3 Å². The van der Waals surface area contributed by atoms with Gasteiger partial charge in [0.2, 0.25) is 0 Å². The lowest BCUT2D eigenvalue weighted by atomic mass is 9.90. The zero-order chi connectivity index (χ0) is 10.0. The molecule has 1 fully saturated rings. The summed E-state index contributed by atoms with van der Waals surface area (Å²) in [6, 6.07) is 0. The quantitative estimate of drug-likeness (QED) is 0.834. The summed E-state index contributed by atoms with van der Waals surface area (Å²) in [7, 11) is 0. The summed E-state index contributed by atoms with van der Waals surface area (Å²) >= 11 is 1.71. The number of aryl methyl sites for hydroxylation is 1. The van der Waals surface area contributed by atoms with Crippen LogP contribution in [0.15, 0.2) is 6.20 Å². The Morgan fingerprint density at radius 3 is 3.14 bits per heavy atom.